The lowest BCUT2D eigenvalue weighted by Crippen LogP contribution is -2.18. The highest BCUT2D eigenvalue weighted by atomic mass is 15.3. The van der Waals surface area contributed by atoms with E-state index in [0.29, 0.717) is 6.54 Å². The third kappa shape index (κ3) is 3.08. The summed E-state index contributed by atoms with van der Waals surface area (Å²) in [6.45, 7) is 9.91. The fourth-order valence-corrected chi connectivity index (χ4v) is 2.50. The van der Waals surface area contributed by atoms with E-state index in [1.807, 2.05) is 7.05 Å². The molecule has 0 bridgehead atoms. The Hall–Kier alpha value is -2.51. The molecule has 8 nitrogen and oxygen atoms in total. The summed E-state index contributed by atoms with van der Waals surface area (Å²) < 4.78 is 3.83. The van der Waals surface area contributed by atoms with Crippen molar-refractivity contribution in [3.63, 3.8) is 0 Å². The molecule has 0 aliphatic heterocycles. The van der Waals surface area contributed by atoms with E-state index in [0.717, 1.165) is 41.5 Å². The van der Waals surface area contributed by atoms with Crippen molar-refractivity contribution in [2.75, 3.05) is 5.32 Å². The minimum Gasteiger partial charge on any atom is -0.362 e. The zero-order chi connectivity index (χ0) is 17.3. The smallest absolute Gasteiger partial charge is 0.163 e. The van der Waals surface area contributed by atoms with Gasteiger partial charge < -0.3 is 9.88 Å². The van der Waals surface area contributed by atoms with Crippen molar-refractivity contribution < 1.29 is 0 Å². The van der Waals surface area contributed by atoms with Gasteiger partial charge in [-0.1, -0.05) is 27.7 Å². The van der Waals surface area contributed by atoms with Gasteiger partial charge in [0.1, 0.15) is 18.0 Å². The largest absolute Gasteiger partial charge is 0.362 e. The third-order valence-electron chi connectivity index (χ3n) is 3.84. The van der Waals surface area contributed by atoms with E-state index in [-0.39, 0.29) is 5.41 Å². The van der Waals surface area contributed by atoms with E-state index in [1.54, 1.807) is 17.2 Å². The lowest BCUT2D eigenvalue weighted by molar-refractivity contribution is 0.547. The van der Waals surface area contributed by atoms with Crippen LogP contribution >= 0.6 is 0 Å². The van der Waals surface area contributed by atoms with Gasteiger partial charge in [0.05, 0.1) is 18.1 Å². The van der Waals surface area contributed by atoms with Crippen LogP contribution in [-0.4, -0.2) is 34.5 Å². The molecule has 0 aliphatic rings. The number of hydrogen-bond donors (Lipinski definition) is 1. The van der Waals surface area contributed by atoms with Gasteiger partial charge in [0, 0.05) is 19.0 Å². The van der Waals surface area contributed by atoms with Crippen molar-refractivity contribution >= 4 is 16.9 Å². The van der Waals surface area contributed by atoms with Crippen molar-refractivity contribution in [3.8, 4) is 0 Å². The molecular weight excluding hydrogens is 304 g/mol. The molecule has 3 heterocycles. The highest BCUT2D eigenvalue weighted by molar-refractivity contribution is 5.86. The lowest BCUT2D eigenvalue weighted by Gasteiger charge is -2.18. The summed E-state index contributed by atoms with van der Waals surface area (Å²) in [6, 6.07) is 0. The summed E-state index contributed by atoms with van der Waals surface area (Å²) in [7, 11) is 1.89. The SMILES string of the molecule is CCCn1cnnc1CNc1nc(C(C)(C)C)nc2c1cnn2C. The van der Waals surface area contributed by atoms with Crippen LogP contribution in [0.15, 0.2) is 12.5 Å². The summed E-state index contributed by atoms with van der Waals surface area (Å²) >= 11 is 0. The summed E-state index contributed by atoms with van der Waals surface area (Å²) in [5, 5.41) is 16.8. The lowest BCUT2D eigenvalue weighted by atomic mass is 9.95. The van der Waals surface area contributed by atoms with Crippen molar-refractivity contribution in [1.29, 1.82) is 0 Å². The molecule has 0 unspecified atom stereocenters. The maximum atomic E-state index is 4.73. The van der Waals surface area contributed by atoms with Crippen LogP contribution in [0.5, 0.6) is 0 Å². The second-order valence-corrected chi connectivity index (χ2v) is 6.95. The van der Waals surface area contributed by atoms with E-state index in [4.69, 9.17) is 4.98 Å². The molecule has 0 spiro atoms. The second-order valence-electron chi connectivity index (χ2n) is 6.95. The number of nitrogens with one attached hydrogen (secondary N) is 1. The minimum atomic E-state index is -0.142. The average molecular weight is 328 g/mol. The van der Waals surface area contributed by atoms with Crippen LogP contribution in [0, 0.1) is 0 Å². The summed E-state index contributed by atoms with van der Waals surface area (Å²) in [5.41, 5.74) is 0.685. The van der Waals surface area contributed by atoms with Crippen LogP contribution in [0.4, 0.5) is 5.82 Å². The molecular formula is C16H24N8. The molecule has 24 heavy (non-hydrogen) atoms. The predicted octanol–water partition coefficient (Wildman–Crippen LogP) is 2.27. The molecule has 0 saturated carbocycles. The topological polar surface area (TPSA) is 86.3 Å². The van der Waals surface area contributed by atoms with Gasteiger partial charge in [0.15, 0.2) is 11.5 Å². The van der Waals surface area contributed by atoms with E-state index in [2.05, 4.69) is 57.9 Å². The van der Waals surface area contributed by atoms with Gasteiger partial charge >= 0.3 is 0 Å². The number of rotatable bonds is 5. The Morgan fingerprint density at radius 3 is 2.71 bits per heavy atom. The molecule has 0 aromatic carbocycles. The van der Waals surface area contributed by atoms with Gasteiger partial charge in [-0.05, 0) is 6.42 Å². The Bertz CT molecular complexity index is 839. The first-order valence-electron chi connectivity index (χ1n) is 8.21. The maximum absolute atomic E-state index is 4.73. The van der Waals surface area contributed by atoms with Gasteiger partial charge in [-0.2, -0.15) is 5.10 Å². The number of aryl methyl sites for hydroxylation is 2. The Morgan fingerprint density at radius 2 is 2.00 bits per heavy atom. The van der Waals surface area contributed by atoms with Crippen molar-refractivity contribution in [3.05, 3.63) is 24.2 Å². The fourth-order valence-electron chi connectivity index (χ4n) is 2.50. The molecule has 0 saturated heterocycles. The Labute approximate surface area is 141 Å². The fraction of sp³-hybridized carbons (Fsp3) is 0.562. The van der Waals surface area contributed by atoms with Gasteiger partial charge in [0.25, 0.3) is 0 Å². The zero-order valence-electron chi connectivity index (χ0n) is 14.9. The summed E-state index contributed by atoms with van der Waals surface area (Å²) in [5.74, 6) is 2.46. The molecule has 3 aromatic heterocycles. The molecule has 3 rings (SSSR count). The molecule has 3 aromatic rings. The van der Waals surface area contributed by atoms with E-state index < -0.39 is 0 Å². The molecule has 0 fully saturated rings. The monoisotopic (exact) mass is 328 g/mol. The normalized spacial score (nSPS) is 12.0. The summed E-state index contributed by atoms with van der Waals surface area (Å²) in [4.78, 5) is 9.40. The first-order chi connectivity index (χ1) is 11.4. The molecule has 0 radical (unpaired) electrons. The molecule has 0 aliphatic carbocycles. The van der Waals surface area contributed by atoms with Crippen LogP contribution in [-0.2, 0) is 25.6 Å². The highest BCUT2D eigenvalue weighted by Gasteiger charge is 2.21. The second kappa shape index (κ2) is 6.18. The van der Waals surface area contributed by atoms with Crippen LogP contribution in [0.3, 0.4) is 0 Å². The van der Waals surface area contributed by atoms with Gasteiger partial charge in [-0.25, -0.2) is 9.97 Å². The minimum absolute atomic E-state index is 0.142. The van der Waals surface area contributed by atoms with Crippen LogP contribution in [0.1, 0.15) is 45.8 Å². The standard InChI is InChI=1S/C16H24N8/c1-6-7-24-10-18-22-12(24)9-17-13-11-8-19-23(5)14(11)21-15(20-13)16(2,3)4/h8,10H,6-7,9H2,1-5H3,(H,17,20,21). The predicted molar refractivity (Wildman–Crippen MR) is 92.6 cm³/mol. The van der Waals surface area contributed by atoms with Gasteiger partial charge in [-0.15, -0.1) is 10.2 Å². The zero-order valence-corrected chi connectivity index (χ0v) is 14.9. The van der Waals surface area contributed by atoms with Crippen molar-refractivity contribution in [1.82, 2.24) is 34.5 Å². The van der Waals surface area contributed by atoms with Crippen LogP contribution in [0.25, 0.3) is 11.0 Å². The third-order valence-corrected chi connectivity index (χ3v) is 3.84. The van der Waals surface area contributed by atoms with Crippen LogP contribution in [0.2, 0.25) is 0 Å². The van der Waals surface area contributed by atoms with Gasteiger partial charge in [-0.3, -0.25) is 4.68 Å². The molecule has 8 heteroatoms. The first kappa shape index (κ1) is 16.4. The number of anilines is 1. The Balaban J connectivity index is 1.94. The van der Waals surface area contributed by atoms with E-state index in [1.165, 1.54) is 0 Å². The molecule has 128 valence electrons. The number of fused-ring (bicyclic) bond motifs is 1. The first-order valence-corrected chi connectivity index (χ1v) is 8.21. The number of hydrogen-bond acceptors (Lipinski definition) is 6. The van der Waals surface area contributed by atoms with E-state index >= 15 is 0 Å². The van der Waals surface area contributed by atoms with E-state index in [9.17, 15) is 0 Å². The average Bonchev–Trinajstić information content (AvgIpc) is 3.12. The maximum Gasteiger partial charge on any atom is 0.163 e. The van der Waals surface area contributed by atoms with Crippen molar-refractivity contribution in [2.45, 2.75) is 52.6 Å². The quantitative estimate of drug-likeness (QED) is 0.773. The Kier molecular flexibility index (Phi) is 4.21. The number of aromatic nitrogens is 7. The van der Waals surface area contributed by atoms with Crippen molar-refractivity contribution in [2.24, 2.45) is 7.05 Å². The highest BCUT2D eigenvalue weighted by Crippen LogP contribution is 2.25. The molecule has 1 N–H and O–H groups in total. The van der Waals surface area contributed by atoms with Crippen LogP contribution < -0.4 is 5.32 Å². The number of nitrogens with zero attached hydrogens (tertiary/aromatic N) is 7. The molecule has 0 atom stereocenters. The molecule has 0 amide bonds. The van der Waals surface area contributed by atoms with Gasteiger partial charge in [0.2, 0.25) is 0 Å². The summed E-state index contributed by atoms with van der Waals surface area (Å²) in [6.07, 6.45) is 4.60. The Morgan fingerprint density at radius 1 is 1.21 bits per heavy atom.